The zero-order valence-electron chi connectivity index (χ0n) is 11.1. The number of carbonyl (C=O) groups excluding carboxylic acids is 2. The Labute approximate surface area is 115 Å². The molecule has 0 radical (unpaired) electrons. The van der Waals surface area contributed by atoms with Crippen LogP contribution >= 0.6 is 12.4 Å². The van der Waals surface area contributed by atoms with Gasteiger partial charge in [0.15, 0.2) is 0 Å². The lowest BCUT2D eigenvalue weighted by Gasteiger charge is -2.33. The molecule has 0 aliphatic carbocycles. The SMILES string of the molecule is CC(C)C(N)C(=O)N1CCC(CC(N)=O)CC1.Cl. The number of hydrogen-bond donors (Lipinski definition) is 2. The fourth-order valence-corrected chi connectivity index (χ4v) is 2.14. The minimum atomic E-state index is -0.414. The lowest BCUT2D eigenvalue weighted by molar-refractivity contribution is -0.135. The molecule has 1 aliphatic rings. The van der Waals surface area contributed by atoms with E-state index in [1.54, 1.807) is 0 Å². The van der Waals surface area contributed by atoms with Gasteiger partial charge in [0.2, 0.25) is 11.8 Å². The van der Waals surface area contributed by atoms with Gasteiger partial charge in [-0.2, -0.15) is 0 Å². The monoisotopic (exact) mass is 277 g/mol. The minimum absolute atomic E-state index is 0. The maximum atomic E-state index is 12.0. The van der Waals surface area contributed by atoms with Crippen LogP contribution < -0.4 is 11.5 Å². The third-order valence-corrected chi connectivity index (χ3v) is 3.42. The first kappa shape index (κ1) is 17.2. The van der Waals surface area contributed by atoms with E-state index in [9.17, 15) is 9.59 Å². The second-order valence-corrected chi connectivity index (χ2v) is 5.21. The standard InChI is InChI=1S/C12H23N3O2.ClH/c1-8(2)11(14)12(17)15-5-3-9(4-6-15)7-10(13)16;/h8-9,11H,3-7,14H2,1-2H3,(H2,13,16);1H. The van der Waals surface area contributed by atoms with Gasteiger partial charge < -0.3 is 16.4 Å². The Morgan fingerprint density at radius 1 is 1.28 bits per heavy atom. The molecular formula is C12H24ClN3O2. The zero-order valence-corrected chi connectivity index (χ0v) is 11.9. The number of nitrogens with two attached hydrogens (primary N) is 2. The lowest BCUT2D eigenvalue weighted by Crippen LogP contribution is -2.49. The normalized spacial score (nSPS) is 18.3. The predicted molar refractivity (Wildman–Crippen MR) is 73.2 cm³/mol. The average molecular weight is 278 g/mol. The Balaban J connectivity index is 0.00000289. The van der Waals surface area contributed by atoms with Gasteiger partial charge in [-0.05, 0) is 24.7 Å². The van der Waals surface area contributed by atoms with Gasteiger partial charge in [0.25, 0.3) is 0 Å². The van der Waals surface area contributed by atoms with E-state index < -0.39 is 6.04 Å². The summed E-state index contributed by atoms with van der Waals surface area (Å²) in [5.41, 5.74) is 11.0. The molecule has 1 aliphatic heterocycles. The molecule has 6 heteroatoms. The van der Waals surface area contributed by atoms with E-state index in [-0.39, 0.29) is 30.1 Å². The number of carbonyl (C=O) groups is 2. The molecule has 1 atom stereocenters. The molecule has 1 saturated heterocycles. The van der Waals surface area contributed by atoms with Gasteiger partial charge in [0, 0.05) is 19.5 Å². The van der Waals surface area contributed by atoms with Crippen molar-refractivity contribution in [1.29, 1.82) is 0 Å². The summed E-state index contributed by atoms with van der Waals surface area (Å²) in [6.07, 6.45) is 2.12. The van der Waals surface area contributed by atoms with Gasteiger partial charge in [0.05, 0.1) is 6.04 Å². The minimum Gasteiger partial charge on any atom is -0.370 e. The van der Waals surface area contributed by atoms with Crippen molar-refractivity contribution in [3.8, 4) is 0 Å². The van der Waals surface area contributed by atoms with E-state index in [0.717, 1.165) is 12.8 Å². The molecule has 18 heavy (non-hydrogen) atoms. The Kier molecular flexibility index (Phi) is 7.25. The molecule has 4 N–H and O–H groups in total. The van der Waals surface area contributed by atoms with Crippen molar-refractivity contribution in [2.24, 2.45) is 23.3 Å². The summed E-state index contributed by atoms with van der Waals surface area (Å²) < 4.78 is 0. The summed E-state index contributed by atoms with van der Waals surface area (Å²) in [6, 6.07) is -0.414. The highest BCUT2D eigenvalue weighted by molar-refractivity contribution is 5.85. The van der Waals surface area contributed by atoms with Crippen LogP contribution in [0.3, 0.4) is 0 Å². The second kappa shape index (κ2) is 7.59. The molecule has 0 aromatic carbocycles. The predicted octanol–water partition coefficient (Wildman–Crippen LogP) is 0.506. The maximum absolute atomic E-state index is 12.0. The number of piperidine rings is 1. The van der Waals surface area contributed by atoms with Crippen LogP contribution in [0.2, 0.25) is 0 Å². The quantitative estimate of drug-likeness (QED) is 0.784. The van der Waals surface area contributed by atoms with Crippen molar-refractivity contribution in [2.45, 2.75) is 39.2 Å². The van der Waals surface area contributed by atoms with Crippen LogP contribution in [0.5, 0.6) is 0 Å². The van der Waals surface area contributed by atoms with E-state index >= 15 is 0 Å². The van der Waals surface area contributed by atoms with Crippen molar-refractivity contribution in [2.75, 3.05) is 13.1 Å². The Bertz CT molecular complexity index is 289. The number of likely N-dealkylation sites (tertiary alicyclic amines) is 1. The van der Waals surface area contributed by atoms with Crippen molar-refractivity contribution >= 4 is 24.2 Å². The number of rotatable bonds is 4. The molecule has 1 fully saturated rings. The molecule has 1 rings (SSSR count). The van der Waals surface area contributed by atoms with Gasteiger partial charge in [-0.1, -0.05) is 13.8 Å². The van der Waals surface area contributed by atoms with Crippen LogP contribution in [-0.2, 0) is 9.59 Å². The summed E-state index contributed by atoms with van der Waals surface area (Å²) in [4.78, 5) is 24.6. The highest BCUT2D eigenvalue weighted by atomic mass is 35.5. The zero-order chi connectivity index (χ0) is 13.0. The van der Waals surface area contributed by atoms with E-state index in [1.165, 1.54) is 0 Å². The third kappa shape index (κ3) is 4.82. The van der Waals surface area contributed by atoms with Crippen molar-refractivity contribution in [3.63, 3.8) is 0 Å². The van der Waals surface area contributed by atoms with Gasteiger partial charge >= 0.3 is 0 Å². The van der Waals surface area contributed by atoms with Crippen molar-refractivity contribution in [1.82, 2.24) is 4.90 Å². The first-order chi connectivity index (χ1) is 7.91. The van der Waals surface area contributed by atoms with E-state index in [2.05, 4.69) is 0 Å². The summed E-state index contributed by atoms with van der Waals surface area (Å²) >= 11 is 0. The third-order valence-electron chi connectivity index (χ3n) is 3.42. The van der Waals surface area contributed by atoms with E-state index in [0.29, 0.717) is 25.4 Å². The van der Waals surface area contributed by atoms with Gasteiger partial charge in [-0.3, -0.25) is 9.59 Å². The average Bonchev–Trinajstić information content (AvgIpc) is 2.27. The second-order valence-electron chi connectivity index (χ2n) is 5.21. The molecule has 2 amide bonds. The Morgan fingerprint density at radius 2 is 1.78 bits per heavy atom. The fraction of sp³-hybridized carbons (Fsp3) is 0.833. The molecule has 1 heterocycles. The van der Waals surface area contributed by atoms with Gasteiger partial charge in [-0.15, -0.1) is 12.4 Å². The van der Waals surface area contributed by atoms with Gasteiger partial charge in [0.1, 0.15) is 0 Å². The van der Waals surface area contributed by atoms with Crippen molar-refractivity contribution < 1.29 is 9.59 Å². The molecule has 1 unspecified atom stereocenters. The van der Waals surface area contributed by atoms with Crippen LogP contribution in [0.25, 0.3) is 0 Å². The molecular weight excluding hydrogens is 254 g/mol. The molecule has 106 valence electrons. The molecule has 0 bridgehead atoms. The topological polar surface area (TPSA) is 89.4 Å². The molecule has 0 saturated carbocycles. The van der Waals surface area contributed by atoms with Crippen LogP contribution in [-0.4, -0.2) is 35.8 Å². The largest absolute Gasteiger partial charge is 0.370 e. The van der Waals surface area contributed by atoms with E-state index in [4.69, 9.17) is 11.5 Å². The van der Waals surface area contributed by atoms with Gasteiger partial charge in [-0.25, -0.2) is 0 Å². The van der Waals surface area contributed by atoms with Crippen LogP contribution in [0.15, 0.2) is 0 Å². The summed E-state index contributed by atoms with van der Waals surface area (Å²) in [5.74, 6) is 0.254. The Hall–Kier alpha value is -0.810. The maximum Gasteiger partial charge on any atom is 0.239 e. The molecule has 0 aromatic heterocycles. The summed E-state index contributed by atoms with van der Waals surface area (Å²) in [7, 11) is 0. The number of halogens is 1. The van der Waals surface area contributed by atoms with Crippen molar-refractivity contribution in [3.05, 3.63) is 0 Å². The first-order valence-electron chi connectivity index (χ1n) is 6.24. The highest BCUT2D eigenvalue weighted by Gasteiger charge is 2.28. The number of nitrogens with zero attached hydrogens (tertiary/aromatic N) is 1. The van der Waals surface area contributed by atoms with Crippen LogP contribution in [0, 0.1) is 11.8 Å². The van der Waals surface area contributed by atoms with Crippen LogP contribution in [0.4, 0.5) is 0 Å². The molecule has 0 aromatic rings. The molecule has 0 spiro atoms. The first-order valence-corrected chi connectivity index (χ1v) is 6.24. The van der Waals surface area contributed by atoms with Crippen LogP contribution in [0.1, 0.15) is 33.1 Å². The summed E-state index contributed by atoms with van der Waals surface area (Å²) in [6.45, 7) is 5.28. The molecule has 5 nitrogen and oxygen atoms in total. The number of primary amides is 1. The smallest absolute Gasteiger partial charge is 0.239 e. The van der Waals surface area contributed by atoms with E-state index in [1.807, 2.05) is 18.7 Å². The highest BCUT2D eigenvalue weighted by Crippen LogP contribution is 2.21. The lowest BCUT2D eigenvalue weighted by atomic mass is 9.92. The summed E-state index contributed by atoms with van der Waals surface area (Å²) in [5, 5.41) is 0. The Morgan fingerprint density at radius 3 is 2.17 bits per heavy atom. The number of hydrogen-bond acceptors (Lipinski definition) is 3. The number of amides is 2. The fourth-order valence-electron chi connectivity index (χ4n) is 2.14.